The number of amides is 1. The van der Waals surface area contributed by atoms with Gasteiger partial charge in [0.15, 0.2) is 5.17 Å². The smallest absolute Gasteiger partial charge is 0.266 e. The third kappa shape index (κ3) is 4.78. The van der Waals surface area contributed by atoms with Gasteiger partial charge in [0.2, 0.25) is 0 Å². The second-order valence-electron chi connectivity index (χ2n) is 7.40. The first-order valence-corrected chi connectivity index (χ1v) is 11.3. The Morgan fingerprint density at radius 1 is 1.16 bits per heavy atom. The number of carbonyl (C=O) groups excluding carboxylic acids is 1. The average Bonchev–Trinajstić information content (AvgIpc) is 3.08. The highest BCUT2D eigenvalue weighted by molar-refractivity contribution is 8.18. The number of morpholine rings is 1. The maximum Gasteiger partial charge on any atom is 0.266 e. The predicted octanol–water partition coefficient (Wildman–Crippen LogP) is 4.46. The zero-order chi connectivity index (χ0) is 21.8. The van der Waals surface area contributed by atoms with Crippen LogP contribution in [0.25, 0.3) is 6.08 Å². The molecule has 2 fully saturated rings. The van der Waals surface area contributed by atoms with E-state index in [0.29, 0.717) is 16.6 Å². The normalized spacial score (nSPS) is 19.5. The second kappa shape index (κ2) is 9.58. The van der Waals surface area contributed by atoms with Gasteiger partial charge < -0.3 is 14.4 Å². The minimum atomic E-state index is -0.00493. The van der Waals surface area contributed by atoms with Crippen molar-refractivity contribution in [1.82, 2.24) is 4.90 Å². The quantitative estimate of drug-likeness (QED) is 0.647. The molecule has 0 atom stereocenters. The Morgan fingerprint density at radius 3 is 2.55 bits per heavy atom. The molecular weight excluding hydrogens is 410 g/mol. The van der Waals surface area contributed by atoms with E-state index in [0.717, 1.165) is 43.3 Å². The maximum atomic E-state index is 13.0. The zero-order valence-corrected chi connectivity index (χ0v) is 18.9. The summed E-state index contributed by atoms with van der Waals surface area (Å²) in [6, 6.07) is 13.9. The molecule has 6 nitrogen and oxygen atoms in total. The van der Waals surface area contributed by atoms with Crippen LogP contribution in [0, 0.1) is 6.92 Å². The molecule has 0 saturated carbocycles. The summed E-state index contributed by atoms with van der Waals surface area (Å²) in [6.07, 6.45) is 1.96. The standard InChI is InChI=1S/C24H27N3O3S/c1-4-27-23(28)22(31-24(27)25-19-6-8-20(29-3)9-7-19)16-18-5-10-21(17(2)15-18)26-11-13-30-14-12-26/h5-10,15-16H,4,11-14H2,1-3H3/b22-16+,25-24?. The Labute approximate surface area is 187 Å². The van der Waals surface area contributed by atoms with Crippen LogP contribution in [0.4, 0.5) is 11.4 Å². The fourth-order valence-electron chi connectivity index (χ4n) is 3.72. The number of aliphatic imine (C=N–C) groups is 1. The molecule has 0 aromatic heterocycles. The summed E-state index contributed by atoms with van der Waals surface area (Å²) in [5, 5.41) is 0.700. The van der Waals surface area contributed by atoms with Crippen molar-refractivity contribution in [2.75, 3.05) is 44.9 Å². The summed E-state index contributed by atoms with van der Waals surface area (Å²) < 4.78 is 10.7. The molecule has 1 amide bonds. The van der Waals surface area contributed by atoms with Crippen molar-refractivity contribution in [3.8, 4) is 5.75 Å². The average molecular weight is 438 g/mol. The number of likely N-dealkylation sites (N-methyl/N-ethyl adjacent to an activating group) is 1. The number of methoxy groups -OCH3 is 1. The van der Waals surface area contributed by atoms with Gasteiger partial charge >= 0.3 is 0 Å². The van der Waals surface area contributed by atoms with Gasteiger partial charge in [0, 0.05) is 25.3 Å². The Kier molecular flexibility index (Phi) is 6.63. The predicted molar refractivity (Wildman–Crippen MR) is 127 cm³/mol. The molecule has 7 heteroatoms. The lowest BCUT2D eigenvalue weighted by atomic mass is 10.1. The minimum absolute atomic E-state index is 0.00493. The number of amidine groups is 1. The van der Waals surface area contributed by atoms with Crippen LogP contribution in [-0.4, -0.2) is 55.9 Å². The number of benzene rings is 2. The van der Waals surface area contributed by atoms with E-state index in [-0.39, 0.29) is 5.91 Å². The number of aryl methyl sites for hydroxylation is 1. The monoisotopic (exact) mass is 437 g/mol. The Bertz CT molecular complexity index is 1010. The van der Waals surface area contributed by atoms with Gasteiger partial charge in [-0.1, -0.05) is 6.07 Å². The number of hydrogen-bond acceptors (Lipinski definition) is 6. The van der Waals surface area contributed by atoms with E-state index >= 15 is 0 Å². The molecule has 0 bridgehead atoms. The second-order valence-corrected chi connectivity index (χ2v) is 8.41. The van der Waals surface area contributed by atoms with Crippen molar-refractivity contribution in [2.45, 2.75) is 13.8 Å². The first-order chi connectivity index (χ1) is 15.1. The number of ether oxygens (including phenoxy) is 2. The van der Waals surface area contributed by atoms with Crippen molar-refractivity contribution in [3.63, 3.8) is 0 Å². The Hall–Kier alpha value is -2.77. The number of carbonyl (C=O) groups is 1. The van der Waals surface area contributed by atoms with E-state index in [1.807, 2.05) is 37.3 Å². The van der Waals surface area contributed by atoms with Gasteiger partial charge in [0.05, 0.1) is 30.9 Å². The molecule has 0 spiro atoms. The SMILES string of the molecule is CCN1C(=O)/C(=C\c2ccc(N3CCOCC3)c(C)c2)SC1=Nc1ccc(OC)cc1. The van der Waals surface area contributed by atoms with Gasteiger partial charge in [-0.25, -0.2) is 4.99 Å². The molecule has 2 aromatic rings. The topological polar surface area (TPSA) is 54.4 Å². The lowest BCUT2D eigenvalue weighted by Crippen LogP contribution is -2.36. The highest BCUT2D eigenvalue weighted by Gasteiger charge is 2.32. The summed E-state index contributed by atoms with van der Waals surface area (Å²) in [4.78, 5) is 22.4. The molecule has 0 radical (unpaired) electrons. The highest BCUT2D eigenvalue weighted by Crippen LogP contribution is 2.35. The van der Waals surface area contributed by atoms with E-state index in [2.05, 4.69) is 30.0 Å². The van der Waals surface area contributed by atoms with E-state index < -0.39 is 0 Å². The van der Waals surface area contributed by atoms with E-state index in [1.54, 1.807) is 12.0 Å². The number of thioether (sulfide) groups is 1. The Balaban J connectivity index is 1.56. The van der Waals surface area contributed by atoms with Crippen LogP contribution in [0.5, 0.6) is 5.75 Å². The van der Waals surface area contributed by atoms with Gasteiger partial charge in [-0.2, -0.15) is 0 Å². The first kappa shape index (κ1) is 21.5. The molecular formula is C24H27N3O3S. The third-order valence-corrected chi connectivity index (χ3v) is 6.38. The summed E-state index contributed by atoms with van der Waals surface area (Å²) in [6.45, 7) is 8.00. The molecule has 4 rings (SSSR count). The number of nitrogens with zero attached hydrogens (tertiary/aromatic N) is 3. The van der Waals surface area contributed by atoms with Crippen LogP contribution >= 0.6 is 11.8 Å². The molecule has 2 saturated heterocycles. The van der Waals surface area contributed by atoms with Crippen molar-refractivity contribution in [3.05, 3.63) is 58.5 Å². The highest BCUT2D eigenvalue weighted by atomic mass is 32.2. The number of rotatable bonds is 5. The molecule has 0 N–H and O–H groups in total. The van der Waals surface area contributed by atoms with Crippen LogP contribution in [0.15, 0.2) is 52.4 Å². The van der Waals surface area contributed by atoms with Crippen molar-refractivity contribution < 1.29 is 14.3 Å². The van der Waals surface area contributed by atoms with Crippen molar-refractivity contribution in [1.29, 1.82) is 0 Å². The summed E-state index contributed by atoms with van der Waals surface area (Å²) in [5.74, 6) is 0.776. The van der Waals surface area contributed by atoms with E-state index in [4.69, 9.17) is 14.5 Å². The summed E-state index contributed by atoms with van der Waals surface area (Å²) in [5.41, 5.74) is 4.24. The Morgan fingerprint density at radius 2 is 1.90 bits per heavy atom. The minimum Gasteiger partial charge on any atom is -0.497 e. The molecule has 2 heterocycles. The lowest BCUT2D eigenvalue weighted by molar-refractivity contribution is -0.122. The molecule has 162 valence electrons. The van der Waals surface area contributed by atoms with Crippen LogP contribution in [0.1, 0.15) is 18.1 Å². The lowest BCUT2D eigenvalue weighted by Gasteiger charge is -2.30. The number of anilines is 1. The van der Waals surface area contributed by atoms with Gasteiger partial charge in [0.25, 0.3) is 5.91 Å². The van der Waals surface area contributed by atoms with E-state index in [9.17, 15) is 4.79 Å². The number of hydrogen-bond donors (Lipinski definition) is 0. The molecule has 0 unspecified atom stereocenters. The van der Waals surface area contributed by atoms with Crippen molar-refractivity contribution >= 4 is 40.3 Å². The molecule has 2 aliphatic heterocycles. The fraction of sp³-hybridized carbons (Fsp3) is 0.333. The van der Waals surface area contributed by atoms with Gasteiger partial charge in [-0.3, -0.25) is 9.69 Å². The van der Waals surface area contributed by atoms with Crippen molar-refractivity contribution in [2.24, 2.45) is 4.99 Å². The maximum absolute atomic E-state index is 13.0. The summed E-state index contributed by atoms with van der Waals surface area (Å²) in [7, 11) is 1.64. The molecule has 31 heavy (non-hydrogen) atoms. The molecule has 2 aliphatic rings. The van der Waals surface area contributed by atoms with Gasteiger partial charge in [0.1, 0.15) is 5.75 Å². The van der Waals surface area contributed by atoms with Crippen LogP contribution in [0.2, 0.25) is 0 Å². The third-order valence-electron chi connectivity index (χ3n) is 5.37. The van der Waals surface area contributed by atoms with Gasteiger partial charge in [-0.15, -0.1) is 0 Å². The van der Waals surface area contributed by atoms with Crippen LogP contribution in [0.3, 0.4) is 0 Å². The molecule has 2 aromatic carbocycles. The zero-order valence-electron chi connectivity index (χ0n) is 18.1. The largest absolute Gasteiger partial charge is 0.497 e. The van der Waals surface area contributed by atoms with Crippen LogP contribution in [-0.2, 0) is 9.53 Å². The fourth-order valence-corrected chi connectivity index (χ4v) is 4.78. The first-order valence-electron chi connectivity index (χ1n) is 10.5. The van der Waals surface area contributed by atoms with Crippen LogP contribution < -0.4 is 9.64 Å². The van der Waals surface area contributed by atoms with Gasteiger partial charge in [-0.05, 0) is 79.2 Å². The van der Waals surface area contributed by atoms with E-state index in [1.165, 1.54) is 23.0 Å². The molecule has 0 aliphatic carbocycles. The summed E-state index contributed by atoms with van der Waals surface area (Å²) >= 11 is 1.42.